The van der Waals surface area contributed by atoms with Crippen molar-refractivity contribution >= 4 is 29.3 Å². The number of carbonyl (C=O) groups is 2. The molecule has 2 aliphatic rings. The van der Waals surface area contributed by atoms with Crippen LogP contribution in [0.4, 0.5) is 5.69 Å². The molecule has 0 radical (unpaired) electrons. The second-order valence-corrected chi connectivity index (χ2v) is 6.99. The summed E-state index contributed by atoms with van der Waals surface area (Å²) in [5, 5.41) is 3.08. The molecular formula is C19H16N2O3S. The van der Waals surface area contributed by atoms with Gasteiger partial charge in [-0.25, -0.2) is 0 Å². The van der Waals surface area contributed by atoms with Gasteiger partial charge in [0.15, 0.2) is 0 Å². The van der Waals surface area contributed by atoms with Crippen LogP contribution >= 0.6 is 11.8 Å². The molecule has 2 heterocycles. The Bertz CT molecular complexity index is 834. The van der Waals surface area contributed by atoms with E-state index >= 15 is 0 Å². The van der Waals surface area contributed by atoms with E-state index in [1.807, 2.05) is 54.6 Å². The van der Waals surface area contributed by atoms with Crippen molar-refractivity contribution < 1.29 is 14.3 Å². The van der Waals surface area contributed by atoms with E-state index < -0.39 is 0 Å². The lowest BCUT2D eigenvalue weighted by Gasteiger charge is -2.09. The second-order valence-electron chi connectivity index (χ2n) is 5.77. The number of ether oxygens (including phenoxy) is 1. The van der Waals surface area contributed by atoms with E-state index in [1.54, 1.807) is 6.20 Å². The Labute approximate surface area is 149 Å². The highest BCUT2D eigenvalue weighted by Crippen LogP contribution is 2.41. The summed E-state index contributed by atoms with van der Waals surface area (Å²) < 4.78 is 5.74. The van der Waals surface area contributed by atoms with Crippen LogP contribution in [0.25, 0.3) is 0 Å². The number of thioether (sulfide) groups is 1. The Morgan fingerprint density at radius 1 is 1.04 bits per heavy atom. The van der Waals surface area contributed by atoms with Gasteiger partial charge in [-0.05, 0) is 42.8 Å². The van der Waals surface area contributed by atoms with E-state index in [1.165, 1.54) is 16.7 Å². The predicted octanol–water partition coefficient (Wildman–Crippen LogP) is 3.95. The standard InChI is InChI=1S/C19H16N2O3S/c22-17-10-11-18-21(17)19(23)16(25-18)12-20-13-6-8-15(9-7-13)24-14-4-2-1-3-5-14/h1-9,12,18,20H,10-11H2/b16-12+. The molecule has 0 saturated carbocycles. The van der Waals surface area contributed by atoms with Crippen molar-refractivity contribution in [2.75, 3.05) is 5.32 Å². The maximum Gasteiger partial charge on any atom is 0.269 e. The Hall–Kier alpha value is -2.73. The third-order valence-electron chi connectivity index (χ3n) is 4.06. The van der Waals surface area contributed by atoms with Crippen LogP contribution in [0.2, 0.25) is 0 Å². The monoisotopic (exact) mass is 352 g/mol. The first-order valence-electron chi connectivity index (χ1n) is 8.03. The van der Waals surface area contributed by atoms with Gasteiger partial charge in [0.1, 0.15) is 11.5 Å². The molecule has 2 aromatic rings. The van der Waals surface area contributed by atoms with Crippen LogP contribution in [0.3, 0.4) is 0 Å². The number of hydrogen-bond acceptors (Lipinski definition) is 5. The van der Waals surface area contributed by atoms with Gasteiger partial charge in [0.25, 0.3) is 5.91 Å². The molecule has 126 valence electrons. The van der Waals surface area contributed by atoms with Gasteiger partial charge < -0.3 is 10.1 Å². The van der Waals surface area contributed by atoms with Gasteiger partial charge in [0.2, 0.25) is 5.91 Å². The Morgan fingerprint density at radius 2 is 1.76 bits per heavy atom. The number of nitrogens with zero attached hydrogens (tertiary/aromatic N) is 1. The molecule has 25 heavy (non-hydrogen) atoms. The average molecular weight is 352 g/mol. The van der Waals surface area contributed by atoms with Gasteiger partial charge in [-0.2, -0.15) is 0 Å². The largest absolute Gasteiger partial charge is 0.457 e. The lowest BCUT2D eigenvalue weighted by atomic mass is 10.3. The van der Waals surface area contributed by atoms with Crippen molar-refractivity contribution in [1.82, 2.24) is 4.90 Å². The summed E-state index contributed by atoms with van der Waals surface area (Å²) in [5.41, 5.74) is 0.847. The first kappa shape index (κ1) is 15.8. The van der Waals surface area contributed by atoms with Gasteiger partial charge in [0, 0.05) is 18.3 Å². The van der Waals surface area contributed by atoms with Crippen molar-refractivity contribution in [3.63, 3.8) is 0 Å². The molecule has 2 aromatic carbocycles. The first-order valence-corrected chi connectivity index (χ1v) is 8.91. The van der Waals surface area contributed by atoms with E-state index in [-0.39, 0.29) is 17.2 Å². The minimum absolute atomic E-state index is 0.0327. The quantitative estimate of drug-likeness (QED) is 0.667. The van der Waals surface area contributed by atoms with Gasteiger partial charge in [-0.15, -0.1) is 0 Å². The van der Waals surface area contributed by atoms with Crippen molar-refractivity contribution in [2.24, 2.45) is 0 Å². The highest BCUT2D eigenvalue weighted by molar-refractivity contribution is 8.05. The Kier molecular flexibility index (Phi) is 4.19. The molecular weight excluding hydrogens is 336 g/mol. The number of anilines is 1. The molecule has 0 bridgehead atoms. The third-order valence-corrected chi connectivity index (χ3v) is 5.32. The van der Waals surface area contributed by atoms with Crippen molar-refractivity contribution in [3.05, 3.63) is 65.7 Å². The zero-order valence-electron chi connectivity index (χ0n) is 13.3. The molecule has 4 rings (SSSR count). The predicted molar refractivity (Wildman–Crippen MR) is 97.1 cm³/mol. The highest BCUT2D eigenvalue weighted by atomic mass is 32.2. The number of benzene rings is 2. The van der Waals surface area contributed by atoms with Crippen LogP contribution in [0, 0.1) is 0 Å². The number of para-hydroxylation sites is 1. The number of imide groups is 1. The fourth-order valence-electron chi connectivity index (χ4n) is 2.82. The molecule has 1 atom stereocenters. The van der Waals surface area contributed by atoms with E-state index in [0.29, 0.717) is 11.3 Å². The topological polar surface area (TPSA) is 58.6 Å². The van der Waals surface area contributed by atoms with Gasteiger partial charge in [-0.3, -0.25) is 14.5 Å². The summed E-state index contributed by atoms with van der Waals surface area (Å²) in [4.78, 5) is 25.9. The summed E-state index contributed by atoms with van der Waals surface area (Å²) >= 11 is 1.45. The third kappa shape index (κ3) is 3.25. The summed E-state index contributed by atoms with van der Waals surface area (Å²) in [6.07, 6.45) is 2.87. The number of amides is 2. The molecule has 2 fully saturated rings. The lowest BCUT2D eigenvalue weighted by Crippen LogP contribution is -2.31. The van der Waals surface area contributed by atoms with Crippen LogP contribution in [-0.4, -0.2) is 22.1 Å². The van der Waals surface area contributed by atoms with Gasteiger partial charge >= 0.3 is 0 Å². The fraction of sp³-hybridized carbons (Fsp3) is 0.158. The van der Waals surface area contributed by atoms with Gasteiger partial charge in [0.05, 0.1) is 10.3 Å². The van der Waals surface area contributed by atoms with Crippen LogP contribution < -0.4 is 10.1 Å². The molecule has 1 unspecified atom stereocenters. The van der Waals surface area contributed by atoms with Crippen LogP contribution in [-0.2, 0) is 9.59 Å². The number of rotatable bonds is 4. The minimum Gasteiger partial charge on any atom is -0.457 e. The smallest absolute Gasteiger partial charge is 0.269 e. The van der Waals surface area contributed by atoms with Crippen molar-refractivity contribution in [1.29, 1.82) is 0 Å². The Balaban J connectivity index is 1.40. The molecule has 2 aliphatic heterocycles. The number of hydrogen-bond donors (Lipinski definition) is 1. The Morgan fingerprint density at radius 3 is 2.48 bits per heavy atom. The second kappa shape index (κ2) is 6.64. The molecule has 0 aromatic heterocycles. The first-order chi connectivity index (χ1) is 12.2. The molecule has 2 amide bonds. The van der Waals surface area contributed by atoms with Crippen LogP contribution in [0.1, 0.15) is 12.8 Å². The average Bonchev–Trinajstić information content (AvgIpc) is 3.15. The molecule has 0 aliphatic carbocycles. The van der Waals surface area contributed by atoms with E-state index in [0.717, 1.165) is 23.6 Å². The fourth-order valence-corrected chi connectivity index (χ4v) is 3.99. The maximum absolute atomic E-state index is 12.2. The summed E-state index contributed by atoms with van der Waals surface area (Å²) in [6, 6.07) is 17.1. The molecule has 5 nitrogen and oxygen atoms in total. The minimum atomic E-state index is -0.200. The highest BCUT2D eigenvalue weighted by Gasteiger charge is 2.44. The van der Waals surface area contributed by atoms with Crippen molar-refractivity contribution in [2.45, 2.75) is 18.2 Å². The summed E-state index contributed by atoms with van der Waals surface area (Å²) in [6.45, 7) is 0. The summed E-state index contributed by atoms with van der Waals surface area (Å²) in [5.74, 6) is 1.24. The van der Waals surface area contributed by atoms with Crippen LogP contribution in [0.5, 0.6) is 11.5 Å². The molecule has 6 heteroatoms. The van der Waals surface area contributed by atoms with Crippen molar-refractivity contribution in [3.8, 4) is 11.5 Å². The van der Waals surface area contributed by atoms with E-state index in [9.17, 15) is 9.59 Å². The molecule has 1 N–H and O–H groups in total. The zero-order valence-corrected chi connectivity index (χ0v) is 14.2. The normalized spacial score (nSPS) is 20.9. The zero-order chi connectivity index (χ0) is 17.2. The number of nitrogens with one attached hydrogen (secondary N) is 1. The number of fused-ring (bicyclic) bond motifs is 1. The lowest BCUT2D eigenvalue weighted by molar-refractivity contribution is -0.138. The van der Waals surface area contributed by atoms with E-state index in [4.69, 9.17) is 4.74 Å². The molecule has 2 saturated heterocycles. The molecule has 0 spiro atoms. The van der Waals surface area contributed by atoms with E-state index in [2.05, 4.69) is 5.32 Å². The number of carbonyl (C=O) groups excluding carboxylic acids is 2. The summed E-state index contributed by atoms with van der Waals surface area (Å²) in [7, 11) is 0. The maximum atomic E-state index is 12.2. The SMILES string of the molecule is O=C1CCC2S/C(=C/Nc3ccc(Oc4ccccc4)cc3)C(=O)N12. The van der Waals surface area contributed by atoms with Gasteiger partial charge in [-0.1, -0.05) is 30.0 Å². The van der Waals surface area contributed by atoms with Crippen LogP contribution in [0.15, 0.2) is 65.7 Å².